The second kappa shape index (κ2) is 6.32. The second-order valence-corrected chi connectivity index (χ2v) is 6.92. The van der Waals surface area contributed by atoms with Crippen molar-refractivity contribution in [1.82, 2.24) is 4.98 Å². The predicted octanol–water partition coefficient (Wildman–Crippen LogP) is 4.96. The van der Waals surface area contributed by atoms with E-state index in [0.29, 0.717) is 10.9 Å². The maximum absolute atomic E-state index is 9.26. The molecule has 0 spiro atoms. The molecular formula is C18H18N2S. The Kier molecular flexibility index (Phi) is 4.26. The van der Waals surface area contributed by atoms with E-state index in [1.165, 1.54) is 31.2 Å². The first-order valence-electron chi connectivity index (χ1n) is 7.40. The van der Waals surface area contributed by atoms with E-state index >= 15 is 0 Å². The molecule has 3 heteroatoms. The van der Waals surface area contributed by atoms with Crippen LogP contribution in [0.3, 0.4) is 0 Å². The number of rotatable bonds is 3. The lowest BCUT2D eigenvalue weighted by atomic mass is 10.1. The minimum Gasteiger partial charge on any atom is -0.244 e. The summed E-state index contributed by atoms with van der Waals surface area (Å²) >= 11 is 1.83. The first-order valence-corrected chi connectivity index (χ1v) is 8.28. The number of thioether (sulfide) groups is 1. The van der Waals surface area contributed by atoms with Crippen LogP contribution in [-0.4, -0.2) is 10.2 Å². The lowest BCUT2D eigenvalue weighted by Crippen LogP contribution is -1.97. The maximum atomic E-state index is 9.26. The van der Waals surface area contributed by atoms with Crippen molar-refractivity contribution < 1.29 is 0 Å². The van der Waals surface area contributed by atoms with Crippen LogP contribution >= 0.6 is 11.8 Å². The van der Waals surface area contributed by atoms with Crippen molar-refractivity contribution in [2.24, 2.45) is 0 Å². The molecule has 0 radical (unpaired) electrons. The molecule has 0 aliphatic heterocycles. The topological polar surface area (TPSA) is 36.7 Å². The summed E-state index contributed by atoms with van der Waals surface area (Å²) in [6.45, 7) is 2.09. The van der Waals surface area contributed by atoms with E-state index in [4.69, 9.17) is 0 Å². The quantitative estimate of drug-likeness (QED) is 0.802. The molecule has 1 saturated carbocycles. The van der Waals surface area contributed by atoms with Crippen molar-refractivity contribution in [1.29, 1.82) is 5.26 Å². The van der Waals surface area contributed by atoms with Gasteiger partial charge in [-0.2, -0.15) is 5.26 Å². The normalized spacial score (nSPS) is 15.0. The van der Waals surface area contributed by atoms with Gasteiger partial charge < -0.3 is 0 Å². The lowest BCUT2D eigenvalue weighted by molar-refractivity contribution is 0.886. The third-order valence-electron chi connectivity index (χ3n) is 3.94. The van der Waals surface area contributed by atoms with Crippen molar-refractivity contribution in [3.05, 3.63) is 47.8 Å². The Balaban J connectivity index is 1.92. The summed E-state index contributed by atoms with van der Waals surface area (Å²) < 4.78 is 0. The van der Waals surface area contributed by atoms with Gasteiger partial charge in [0, 0.05) is 21.9 Å². The van der Waals surface area contributed by atoms with Gasteiger partial charge in [0.05, 0.1) is 0 Å². The third-order valence-corrected chi connectivity index (χ3v) is 5.31. The van der Waals surface area contributed by atoms with E-state index in [0.717, 1.165) is 16.0 Å². The van der Waals surface area contributed by atoms with Gasteiger partial charge in [-0.25, -0.2) is 4.98 Å². The molecule has 1 heterocycles. The molecule has 3 rings (SSSR count). The Hall–Kier alpha value is -1.79. The molecule has 0 unspecified atom stereocenters. The monoisotopic (exact) mass is 294 g/mol. The van der Waals surface area contributed by atoms with Gasteiger partial charge in [0.25, 0.3) is 0 Å². The summed E-state index contributed by atoms with van der Waals surface area (Å²) in [7, 11) is 0. The average molecular weight is 294 g/mol. The minimum absolute atomic E-state index is 0.558. The standard InChI is InChI=1S/C18H18N2S/c1-13-6-8-14(9-7-13)15-10-18(17(11-19)20-12-15)21-16-4-2-3-5-16/h6-10,12,16H,2-5H2,1H3. The van der Waals surface area contributed by atoms with Crippen LogP contribution in [0.15, 0.2) is 41.4 Å². The molecule has 2 aromatic rings. The van der Waals surface area contributed by atoms with E-state index in [9.17, 15) is 5.26 Å². The molecule has 0 atom stereocenters. The number of aromatic nitrogens is 1. The SMILES string of the molecule is Cc1ccc(-c2cnc(C#N)c(SC3CCCC3)c2)cc1. The molecule has 1 aromatic heterocycles. The zero-order valence-corrected chi connectivity index (χ0v) is 13.0. The minimum atomic E-state index is 0.558. The number of pyridine rings is 1. The van der Waals surface area contributed by atoms with Crippen molar-refractivity contribution >= 4 is 11.8 Å². The largest absolute Gasteiger partial charge is 0.244 e. The Morgan fingerprint density at radius 2 is 1.86 bits per heavy atom. The molecule has 106 valence electrons. The molecule has 0 bridgehead atoms. The van der Waals surface area contributed by atoms with Gasteiger partial charge in [-0.15, -0.1) is 11.8 Å². The van der Waals surface area contributed by atoms with Crippen molar-refractivity contribution in [2.45, 2.75) is 42.8 Å². The van der Waals surface area contributed by atoms with E-state index in [1.54, 1.807) is 0 Å². The van der Waals surface area contributed by atoms with E-state index in [1.807, 2.05) is 18.0 Å². The highest BCUT2D eigenvalue weighted by atomic mass is 32.2. The molecule has 1 aliphatic carbocycles. The number of aryl methyl sites for hydroxylation is 1. The highest BCUT2D eigenvalue weighted by molar-refractivity contribution is 8.00. The summed E-state index contributed by atoms with van der Waals surface area (Å²) in [4.78, 5) is 5.39. The second-order valence-electron chi connectivity index (χ2n) is 5.57. The van der Waals surface area contributed by atoms with Gasteiger partial charge in [0.1, 0.15) is 6.07 Å². The number of hydrogen-bond acceptors (Lipinski definition) is 3. The first-order chi connectivity index (χ1) is 10.3. The highest BCUT2D eigenvalue weighted by Gasteiger charge is 2.18. The van der Waals surface area contributed by atoms with Crippen molar-refractivity contribution in [3.8, 4) is 17.2 Å². The van der Waals surface area contributed by atoms with Gasteiger partial charge in [0.2, 0.25) is 0 Å². The van der Waals surface area contributed by atoms with Gasteiger partial charge >= 0.3 is 0 Å². The van der Waals surface area contributed by atoms with E-state index < -0.39 is 0 Å². The average Bonchev–Trinajstić information content (AvgIpc) is 3.01. The van der Waals surface area contributed by atoms with Crippen LogP contribution in [0.5, 0.6) is 0 Å². The van der Waals surface area contributed by atoms with Crippen molar-refractivity contribution in [3.63, 3.8) is 0 Å². The van der Waals surface area contributed by atoms with Crippen LogP contribution < -0.4 is 0 Å². The van der Waals surface area contributed by atoms with Gasteiger partial charge in [-0.1, -0.05) is 42.7 Å². The Bertz CT molecular complexity index is 665. The molecule has 0 saturated heterocycles. The van der Waals surface area contributed by atoms with Crippen LogP contribution in [0, 0.1) is 18.3 Å². The maximum Gasteiger partial charge on any atom is 0.154 e. The van der Waals surface area contributed by atoms with Crippen LogP contribution in [0.2, 0.25) is 0 Å². The number of benzene rings is 1. The number of hydrogen-bond donors (Lipinski definition) is 0. The number of nitriles is 1. The zero-order valence-electron chi connectivity index (χ0n) is 12.2. The van der Waals surface area contributed by atoms with Gasteiger partial charge in [-0.3, -0.25) is 0 Å². The predicted molar refractivity (Wildman–Crippen MR) is 87.2 cm³/mol. The zero-order chi connectivity index (χ0) is 14.7. The third kappa shape index (κ3) is 3.28. The first kappa shape index (κ1) is 14.2. The molecule has 2 nitrogen and oxygen atoms in total. The molecule has 0 amide bonds. The highest BCUT2D eigenvalue weighted by Crippen LogP contribution is 2.37. The fourth-order valence-electron chi connectivity index (χ4n) is 2.71. The summed E-state index contributed by atoms with van der Waals surface area (Å²) in [5.41, 5.74) is 4.06. The Morgan fingerprint density at radius 3 is 2.52 bits per heavy atom. The fourth-order valence-corrected chi connectivity index (χ4v) is 4.04. The van der Waals surface area contributed by atoms with E-state index in [-0.39, 0.29) is 0 Å². The molecular weight excluding hydrogens is 276 g/mol. The Labute approximate surface area is 130 Å². The molecule has 21 heavy (non-hydrogen) atoms. The van der Waals surface area contributed by atoms with Crippen molar-refractivity contribution in [2.75, 3.05) is 0 Å². The number of nitrogens with zero attached hydrogens (tertiary/aromatic N) is 2. The van der Waals surface area contributed by atoms with Crippen LogP contribution in [0.4, 0.5) is 0 Å². The van der Waals surface area contributed by atoms with Crippen LogP contribution in [-0.2, 0) is 0 Å². The van der Waals surface area contributed by atoms with Gasteiger partial charge in [-0.05, 0) is 31.4 Å². The van der Waals surface area contributed by atoms with Crippen LogP contribution in [0.25, 0.3) is 11.1 Å². The summed E-state index contributed by atoms with van der Waals surface area (Å²) in [6.07, 6.45) is 6.94. The molecule has 1 fully saturated rings. The smallest absolute Gasteiger partial charge is 0.154 e. The summed E-state index contributed by atoms with van der Waals surface area (Å²) in [5, 5.41) is 9.91. The molecule has 1 aromatic carbocycles. The van der Waals surface area contributed by atoms with Gasteiger partial charge in [0.15, 0.2) is 5.69 Å². The molecule has 0 N–H and O–H groups in total. The summed E-state index contributed by atoms with van der Waals surface area (Å²) in [5.74, 6) is 0. The molecule has 1 aliphatic rings. The Morgan fingerprint density at radius 1 is 1.14 bits per heavy atom. The fraction of sp³-hybridized carbons (Fsp3) is 0.333. The van der Waals surface area contributed by atoms with Crippen LogP contribution in [0.1, 0.15) is 36.9 Å². The summed E-state index contributed by atoms with van der Waals surface area (Å²) in [6, 6.07) is 12.8. The van der Waals surface area contributed by atoms with E-state index in [2.05, 4.69) is 48.3 Å². The lowest BCUT2D eigenvalue weighted by Gasteiger charge is -2.11.